The Morgan fingerprint density at radius 1 is 1.35 bits per heavy atom. The number of benzene rings is 1. The molecule has 0 saturated heterocycles. The van der Waals surface area contributed by atoms with E-state index in [-0.39, 0.29) is 16.9 Å². The minimum Gasteiger partial charge on any atom is -0.496 e. The fourth-order valence-corrected chi connectivity index (χ4v) is 1.89. The molecule has 1 amide bonds. The first-order valence-electron chi connectivity index (χ1n) is 5.83. The van der Waals surface area contributed by atoms with Gasteiger partial charge in [-0.25, -0.2) is 0 Å². The summed E-state index contributed by atoms with van der Waals surface area (Å²) in [5.41, 5.74) is 0.501. The number of carbonyl (C=O) groups is 1. The number of ether oxygens (including phenoxy) is 1. The number of amides is 1. The zero-order valence-electron chi connectivity index (χ0n) is 11.0. The highest BCUT2D eigenvalue weighted by Crippen LogP contribution is 2.23. The maximum Gasteiger partial charge on any atom is 0.260 e. The zero-order valence-corrected chi connectivity index (χ0v) is 11.8. The van der Waals surface area contributed by atoms with Crippen LogP contribution in [0.25, 0.3) is 0 Å². The molecule has 0 aliphatic carbocycles. The molecule has 0 radical (unpaired) electrons. The van der Waals surface area contributed by atoms with E-state index in [4.69, 9.17) is 16.3 Å². The number of pyridine rings is 1. The van der Waals surface area contributed by atoms with Crippen LogP contribution >= 0.6 is 11.6 Å². The Kier molecular flexibility index (Phi) is 4.10. The van der Waals surface area contributed by atoms with Crippen LogP contribution in [-0.2, 0) is 7.05 Å². The van der Waals surface area contributed by atoms with Crippen molar-refractivity contribution in [2.75, 3.05) is 12.4 Å². The van der Waals surface area contributed by atoms with Crippen molar-refractivity contribution in [1.82, 2.24) is 4.57 Å². The second-order valence-corrected chi connectivity index (χ2v) is 4.55. The van der Waals surface area contributed by atoms with Crippen LogP contribution in [0.2, 0.25) is 5.02 Å². The maximum absolute atomic E-state index is 12.2. The molecule has 1 N–H and O–H groups in total. The number of nitrogens with zero attached hydrogens (tertiary/aromatic N) is 1. The van der Waals surface area contributed by atoms with Gasteiger partial charge in [0.15, 0.2) is 0 Å². The van der Waals surface area contributed by atoms with Crippen molar-refractivity contribution in [3.8, 4) is 5.75 Å². The Morgan fingerprint density at radius 2 is 2.05 bits per heavy atom. The van der Waals surface area contributed by atoms with Gasteiger partial charge in [0.05, 0.1) is 23.4 Å². The first-order chi connectivity index (χ1) is 9.52. The minimum atomic E-state index is -0.398. The molecule has 0 fully saturated rings. The van der Waals surface area contributed by atoms with Gasteiger partial charge in [-0.3, -0.25) is 9.59 Å². The van der Waals surface area contributed by atoms with Crippen LogP contribution in [0.5, 0.6) is 5.75 Å². The molecule has 104 valence electrons. The molecule has 0 unspecified atom stereocenters. The number of hydrogen-bond donors (Lipinski definition) is 1. The summed E-state index contributed by atoms with van der Waals surface area (Å²) in [6, 6.07) is 8.16. The van der Waals surface area contributed by atoms with E-state index in [1.165, 1.54) is 23.9 Å². The fraction of sp³-hybridized carbons (Fsp3) is 0.143. The molecule has 0 spiro atoms. The average Bonchev–Trinajstić information content (AvgIpc) is 2.43. The number of anilines is 1. The van der Waals surface area contributed by atoms with Crippen molar-refractivity contribution in [2.45, 2.75) is 0 Å². The summed E-state index contributed by atoms with van der Waals surface area (Å²) < 4.78 is 6.37. The summed E-state index contributed by atoms with van der Waals surface area (Å²) in [6.07, 6.45) is 1.42. The lowest BCUT2D eigenvalue weighted by Gasteiger charge is -2.11. The zero-order chi connectivity index (χ0) is 14.7. The summed E-state index contributed by atoms with van der Waals surface area (Å²) in [5.74, 6) is -0.178. The highest BCUT2D eigenvalue weighted by atomic mass is 35.5. The van der Waals surface area contributed by atoms with Crippen LogP contribution in [0.4, 0.5) is 5.69 Å². The van der Waals surface area contributed by atoms with Gasteiger partial charge in [-0.1, -0.05) is 23.7 Å². The van der Waals surface area contributed by atoms with E-state index in [9.17, 15) is 9.59 Å². The van der Waals surface area contributed by atoms with Gasteiger partial charge in [-0.05, 0) is 12.1 Å². The van der Waals surface area contributed by atoms with E-state index in [0.29, 0.717) is 10.7 Å². The van der Waals surface area contributed by atoms with E-state index in [2.05, 4.69) is 5.32 Å². The number of nitrogens with one attached hydrogen (secondary N) is 1. The predicted molar refractivity (Wildman–Crippen MR) is 77.6 cm³/mol. The standard InChI is InChI=1S/C14H13ClN2O3/c1-17-8-9(12(20-2)7-13(17)18)14(19)16-11-6-4-3-5-10(11)15/h3-8H,1-2H3,(H,16,19). The number of carbonyl (C=O) groups excluding carboxylic acids is 1. The lowest BCUT2D eigenvalue weighted by atomic mass is 10.2. The normalized spacial score (nSPS) is 10.2. The minimum absolute atomic E-state index is 0.220. The largest absolute Gasteiger partial charge is 0.496 e. The molecular formula is C14H13ClN2O3. The number of rotatable bonds is 3. The van der Waals surface area contributed by atoms with Crippen LogP contribution in [-0.4, -0.2) is 17.6 Å². The SMILES string of the molecule is COc1cc(=O)n(C)cc1C(=O)Nc1ccccc1Cl. The summed E-state index contributed by atoms with van der Waals surface area (Å²) in [7, 11) is 2.97. The summed E-state index contributed by atoms with van der Waals surface area (Å²) in [5, 5.41) is 3.12. The average molecular weight is 293 g/mol. The topological polar surface area (TPSA) is 60.3 Å². The van der Waals surface area contributed by atoms with Gasteiger partial charge in [-0.15, -0.1) is 0 Å². The lowest BCUT2D eigenvalue weighted by molar-refractivity contribution is 0.102. The molecule has 0 atom stereocenters. The number of para-hydroxylation sites is 1. The molecule has 0 saturated carbocycles. The van der Waals surface area contributed by atoms with E-state index in [1.807, 2.05) is 0 Å². The third-order valence-corrected chi connectivity index (χ3v) is 3.11. The number of hydrogen-bond acceptors (Lipinski definition) is 3. The molecule has 1 aromatic carbocycles. The first-order valence-corrected chi connectivity index (χ1v) is 6.21. The second-order valence-electron chi connectivity index (χ2n) is 4.14. The van der Waals surface area contributed by atoms with Gasteiger partial charge in [0.2, 0.25) is 0 Å². The predicted octanol–water partition coefficient (Wildman–Crippen LogP) is 2.30. The molecule has 20 heavy (non-hydrogen) atoms. The van der Waals surface area contributed by atoms with Crippen LogP contribution < -0.4 is 15.6 Å². The van der Waals surface area contributed by atoms with Crippen LogP contribution in [0, 0.1) is 0 Å². The van der Waals surface area contributed by atoms with Crippen LogP contribution in [0.15, 0.2) is 41.3 Å². The van der Waals surface area contributed by atoms with Crippen molar-refractivity contribution < 1.29 is 9.53 Å². The third kappa shape index (κ3) is 2.83. The van der Waals surface area contributed by atoms with Crippen molar-refractivity contribution in [2.24, 2.45) is 7.05 Å². The third-order valence-electron chi connectivity index (χ3n) is 2.78. The van der Waals surface area contributed by atoms with Crippen molar-refractivity contribution in [3.63, 3.8) is 0 Å². The van der Waals surface area contributed by atoms with Crippen molar-refractivity contribution in [1.29, 1.82) is 0 Å². The molecule has 5 nitrogen and oxygen atoms in total. The van der Waals surface area contributed by atoms with Gasteiger partial charge in [-0.2, -0.15) is 0 Å². The quantitative estimate of drug-likeness (QED) is 0.944. The second kappa shape index (κ2) is 5.79. The Hall–Kier alpha value is -2.27. The monoisotopic (exact) mass is 292 g/mol. The highest BCUT2D eigenvalue weighted by Gasteiger charge is 2.15. The Bertz CT molecular complexity index is 710. The summed E-state index contributed by atoms with van der Waals surface area (Å²) >= 11 is 5.98. The van der Waals surface area contributed by atoms with Crippen LogP contribution in [0.1, 0.15) is 10.4 Å². The molecule has 2 aromatic rings. The van der Waals surface area contributed by atoms with Gasteiger partial charge < -0.3 is 14.6 Å². The van der Waals surface area contributed by atoms with E-state index >= 15 is 0 Å². The Labute approximate surface area is 120 Å². The number of halogens is 1. The van der Waals surface area contributed by atoms with E-state index < -0.39 is 5.91 Å². The summed E-state index contributed by atoms with van der Waals surface area (Å²) in [6.45, 7) is 0. The molecule has 0 aliphatic heterocycles. The maximum atomic E-state index is 12.2. The Morgan fingerprint density at radius 3 is 2.70 bits per heavy atom. The van der Waals surface area contributed by atoms with Crippen LogP contribution in [0.3, 0.4) is 0 Å². The van der Waals surface area contributed by atoms with E-state index in [1.54, 1.807) is 31.3 Å². The molecule has 0 bridgehead atoms. The van der Waals surface area contributed by atoms with E-state index in [0.717, 1.165) is 0 Å². The molecule has 6 heteroatoms. The van der Waals surface area contributed by atoms with Gasteiger partial charge in [0.1, 0.15) is 5.75 Å². The molecule has 1 heterocycles. The molecular weight excluding hydrogens is 280 g/mol. The van der Waals surface area contributed by atoms with Gasteiger partial charge in [0.25, 0.3) is 11.5 Å². The molecule has 0 aliphatic rings. The van der Waals surface area contributed by atoms with Gasteiger partial charge >= 0.3 is 0 Å². The van der Waals surface area contributed by atoms with Crippen molar-refractivity contribution in [3.05, 3.63) is 57.5 Å². The fourth-order valence-electron chi connectivity index (χ4n) is 1.70. The number of aryl methyl sites for hydroxylation is 1. The lowest BCUT2D eigenvalue weighted by Crippen LogP contribution is -2.21. The number of methoxy groups -OCH3 is 1. The van der Waals surface area contributed by atoms with Crippen molar-refractivity contribution >= 4 is 23.2 Å². The Balaban J connectivity index is 2.37. The van der Waals surface area contributed by atoms with Gasteiger partial charge in [0, 0.05) is 19.3 Å². The first kappa shape index (κ1) is 14.1. The highest BCUT2D eigenvalue weighted by molar-refractivity contribution is 6.33. The smallest absolute Gasteiger partial charge is 0.260 e. The molecule has 1 aromatic heterocycles. The summed E-state index contributed by atoms with van der Waals surface area (Å²) in [4.78, 5) is 23.8. The molecule has 2 rings (SSSR count). The number of aromatic nitrogens is 1.